The third-order valence-electron chi connectivity index (χ3n) is 13.6. The normalized spacial score (nSPS) is 16.3. The van der Waals surface area contributed by atoms with E-state index in [4.69, 9.17) is 4.74 Å². The third-order valence-corrected chi connectivity index (χ3v) is 13.6. The fraction of sp³-hybridized carbons (Fsp3) is 0.0345. The first kappa shape index (κ1) is 31.6. The summed E-state index contributed by atoms with van der Waals surface area (Å²) >= 11 is 0. The summed E-state index contributed by atoms with van der Waals surface area (Å²) < 4.78 is 7.20. The second-order valence-corrected chi connectivity index (χ2v) is 16.7. The minimum absolute atomic E-state index is 0.0447. The minimum Gasteiger partial charge on any atom is -0.484 e. The number of hydrogen-bond donors (Lipinski definition) is 0. The van der Waals surface area contributed by atoms with Crippen LogP contribution < -0.4 is 4.74 Å². The van der Waals surface area contributed by atoms with Crippen molar-refractivity contribution < 1.29 is 4.74 Å². The minimum atomic E-state index is -0.106. The van der Waals surface area contributed by atoms with E-state index in [1.807, 2.05) is 0 Å². The zero-order chi connectivity index (χ0) is 38.3. The molecule has 1 heterocycles. The lowest BCUT2D eigenvalue weighted by Gasteiger charge is -2.21. The molecule has 2 atom stereocenters. The topological polar surface area (TPSA) is 9.23 Å². The van der Waals surface area contributed by atoms with E-state index < -0.39 is 0 Å². The van der Waals surface area contributed by atoms with Gasteiger partial charge in [0, 0.05) is 22.6 Å². The van der Waals surface area contributed by atoms with Gasteiger partial charge in [0.2, 0.25) is 0 Å². The standard InChI is InChI=1S/C58H34O/c1-3-13-45-39(7-1)29-40-8-2-4-14-46(40)57(45)51-32-42(44-25-20-38-18-16-34-10-6-12-36-22-27-48(44)56(38)54(34)36)31-50-49-30-41(23-28-52(49)59-58(50)51)43-24-19-37-17-15-33-9-5-11-35-21-26-47(43)55(37)53(33)35/h1-32,49,52H. The second-order valence-electron chi connectivity index (χ2n) is 16.7. The molecule has 2 unspecified atom stereocenters. The zero-order valence-electron chi connectivity index (χ0n) is 32.0. The van der Waals surface area contributed by atoms with E-state index in [1.165, 1.54) is 120 Å². The molecule has 0 bridgehead atoms. The summed E-state index contributed by atoms with van der Waals surface area (Å²) in [7, 11) is 0. The van der Waals surface area contributed by atoms with Crippen LogP contribution in [0.3, 0.4) is 0 Å². The van der Waals surface area contributed by atoms with Crippen LogP contribution >= 0.6 is 0 Å². The quantitative estimate of drug-likeness (QED) is 0.129. The predicted octanol–water partition coefficient (Wildman–Crippen LogP) is 15.6. The summed E-state index contributed by atoms with van der Waals surface area (Å²) in [6, 6.07) is 65.8. The molecule has 0 spiro atoms. The Morgan fingerprint density at radius 1 is 0.373 bits per heavy atom. The Morgan fingerprint density at radius 3 is 1.51 bits per heavy atom. The summed E-state index contributed by atoms with van der Waals surface area (Å²) in [5, 5.41) is 20.6. The highest BCUT2D eigenvalue weighted by Crippen LogP contribution is 2.53. The first-order valence-corrected chi connectivity index (χ1v) is 20.7. The highest BCUT2D eigenvalue weighted by molar-refractivity contribution is 6.27. The fourth-order valence-electron chi connectivity index (χ4n) is 11.0. The molecule has 0 aromatic heterocycles. The van der Waals surface area contributed by atoms with Crippen LogP contribution in [0.1, 0.15) is 17.0 Å². The Bertz CT molecular complexity index is 3740. The van der Waals surface area contributed by atoms with Crippen LogP contribution in [-0.4, -0.2) is 6.10 Å². The van der Waals surface area contributed by atoms with E-state index >= 15 is 0 Å². The van der Waals surface area contributed by atoms with Gasteiger partial charge in [-0.05, 0) is 133 Å². The summed E-state index contributed by atoms with van der Waals surface area (Å²) in [6.45, 7) is 0. The number of fused-ring (bicyclic) bond motifs is 5. The molecular formula is C58H34O. The Hall–Kier alpha value is -7.48. The van der Waals surface area contributed by atoms with Crippen LogP contribution in [0.4, 0.5) is 0 Å². The molecule has 1 heteroatoms. The van der Waals surface area contributed by atoms with Crippen LogP contribution in [0.5, 0.6) is 5.75 Å². The molecule has 272 valence electrons. The van der Waals surface area contributed by atoms with Gasteiger partial charge in [-0.1, -0.05) is 170 Å². The molecule has 12 aromatic carbocycles. The Morgan fingerprint density at radius 2 is 0.881 bits per heavy atom. The van der Waals surface area contributed by atoms with Gasteiger partial charge in [-0.3, -0.25) is 0 Å². The maximum atomic E-state index is 7.20. The maximum Gasteiger partial charge on any atom is 0.132 e. The molecule has 0 saturated carbocycles. The lowest BCUT2D eigenvalue weighted by molar-refractivity contribution is 0.270. The van der Waals surface area contributed by atoms with Gasteiger partial charge in [-0.15, -0.1) is 0 Å². The molecule has 59 heavy (non-hydrogen) atoms. The van der Waals surface area contributed by atoms with Crippen LogP contribution in [0.25, 0.3) is 114 Å². The Balaban J connectivity index is 1.04. The van der Waals surface area contributed by atoms with Gasteiger partial charge in [-0.2, -0.15) is 0 Å². The van der Waals surface area contributed by atoms with Crippen LogP contribution in [0.2, 0.25) is 0 Å². The van der Waals surface area contributed by atoms with Crippen molar-refractivity contribution in [3.8, 4) is 28.0 Å². The molecule has 0 saturated heterocycles. The van der Waals surface area contributed by atoms with Crippen molar-refractivity contribution in [2.24, 2.45) is 0 Å². The van der Waals surface area contributed by atoms with Crippen molar-refractivity contribution in [3.63, 3.8) is 0 Å². The summed E-state index contributed by atoms with van der Waals surface area (Å²) in [5.74, 6) is 1.03. The molecule has 1 nitrogen and oxygen atoms in total. The average Bonchev–Trinajstić information content (AvgIpc) is 3.67. The number of allylic oxidation sites excluding steroid dienone is 2. The summed E-state index contributed by atoms with van der Waals surface area (Å²) in [5.41, 5.74) is 8.59. The van der Waals surface area contributed by atoms with Crippen molar-refractivity contribution in [3.05, 3.63) is 205 Å². The summed E-state index contributed by atoms with van der Waals surface area (Å²) in [4.78, 5) is 0. The summed E-state index contributed by atoms with van der Waals surface area (Å²) in [6.07, 6.45) is 6.99. The zero-order valence-corrected chi connectivity index (χ0v) is 32.0. The molecular weight excluding hydrogens is 713 g/mol. The predicted molar refractivity (Wildman–Crippen MR) is 250 cm³/mol. The van der Waals surface area contributed by atoms with E-state index in [0.717, 1.165) is 11.3 Å². The second kappa shape index (κ2) is 11.6. The monoisotopic (exact) mass is 746 g/mol. The molecule has 0 fully saturated rings. The van der Waals surface area contributed by atoms with E-state index in [-0.39, 0.29) is 12.0 Å². The first-order chi connectivity index (χ1) is 29.2. The largest absolute Gasteiger partial charge is 0.484 e. The maximum absolute atomic E-state index is 7.20. The molecule has 2 aliphatic rings. The molecule has 1 aliphatic carbocycles. The molecule has 0 N–H and O–H groups in total. The highest BCUT2D eigenvalue weighted by atomic mass is 16.5. The fourth-order valence-corrected chi connectivity index (χ4v) is 11.0. The van der Waals surface area contributed by atoms with Gasteiger partial charge >= 0.3 is 0 Å². The van der Waals surface area contributed by atoms with Gasteiger partial charge in [0.15, 0.2) is 0 Å². The van der Waals surface area contributed by atoms with E-state index in [1.54, 1.807) is 0 Å². The SMILES string of the molecule is C1=CC2Oc3c(-c4c5ccccc5cc5ccccc45)cc(-c4ccc5ccc6cccc7ccc4c5c67)cc3C2C=C1c1ccc2ccc3cccc4ccc1c2c34. The van der Waals surface area contributed by atoms with E-state index in [0.29, 0.717) is 0 Å². The number of hydrogen-bond acceptors (Lipinski definition) is 1. The highest BCUT2D eigenvalue weighted by Gasteiger charge is 2.37. The third kappa shape index (κ3) is 4.34. The van der Waals surface area contributed by atoms with Crippen molar-refractivity contribution in [1.29, 1.82) is 0 Å². The number of ether oxygens (including phenoxy) is 1. The smallest absolute Gasteiger partial charge is 0.132 e. The van der Waals surface area contributed by atoms with Gasteiger partial charge in [0.25, 0.3) is 0 Å². The van der Waals surface area contributed by atoms with E-state index in [9.17, 15) is 0 Å². The molecule has 12 aromatic rings. The van der Waals surface area contributed by atoms with Gasteiger partial charge in [-0.25, -0.2) is 0 Å². The number of benzene rings is 12. The average molecular weight is 747 g/mol. The van der Waals surface area contributed by atoms with Crippen LogP contribution in [0, 0.1) is 0 Å². The van der Waals surface area contributed by atoms with E-state index in [2.05, 4.69) is 194 Å². The molecule has 0 amide bonds. The van der Waals surface area contributed by atoms with Crippen LogP contribution in [-0.2, 0) is 0 Å². The van der Waals surface area contributed by atoms with Gasteiger partial charge < -0.3 is 4.74 Å². The van der Waals surface area contributed by atoms with Crippen molar-refractivity contribution in [2.45, 2.75) is 12.0 Å². The Labute approximate surface area is 340 Å². The van der Waals surface area contributed by atoms with Gasteiger partial charge in [0.05, 0.1) is 0 Å². The first-order valence-electron chi connectivity index (χ1n) is 20.7. The Kier molecular flexibility index (Phi) is 6.19. The van der Waals surface area contributed by atoms with Crippen molar-refractivity contribution >= 4 is 91.8 Å². The lowest BCUT2D eigenvalue weighted by atomic mass is 9.81. The van der Waals surface area contributed by atoms with Gasteiger partial charge in [0.1, 0.15) is 11.9 Å². The van der Waals surface area contributed by atoms with Crippen LogP contribution in [0.15, 0.2) is 194 Å². The molecule has 0 radical (unpaired) electrons. The van der Waals surface area contributed by atoms with Crippen molar-refractivity contribution in [1.82, 2.24) is 0 Å². The molecule has 14 rings (SSSR count). The molecule has 1 aliphatic heterocycles. The lowest BCUT2D eigenvalue weighted by Crippen LogP contribution is -2.17. The van der Waals surface area contributed by atoms with Crippen molar-refractivity contribution in [2.75, 3.05) is 0 Å². The number of rotatable bonds is 3.